The summed E-state index contributed by atoms with van der Waals surface area (Å²) >= 11 is 0. The van der Waals surface area contributed by atoms with Crippen molar-refractivity contribution < 1.29 is 8.78 Å². The first kappa shape index (κ1) is 8.63. The molecule has 0 amide bonds. The van der Waals surface area contributed by atoms with Crippen molar-refractivity contribution in [2.75, 3.05) is 0 Å². The van der Waals surface area contributed by atoms with Gasteiger partial charge in [0.15, 0.2) is 0 Å². The molecule has 0 aromatic heterocycles. The lowest BCUT2D eigenvalue weighted by atomic mass is 10.0. The van der Waals surface area contributed by atoms with Gasteiger partial charge in [-0.15, -0.1) is 0 Å². The highest BCUT2D eigenvalue weighted by Crippen LogP contribution is 2.45. The second-order valence-electron chi connectivity index (χ2n) is 3.71. The standard InChI is InChI=1S/C10H11F2N/c1-6-2-3-7(11)8(9(6)12)10(13)4-5-10/h2-3H,4-5,13H2,1H3. The Hall–Kier alpha value is -0.960. The minimum Gasteiger partial charge on any atom is -0.321 e. The topological polar surface area (TPSA) is 26.0 Å². The van der Waals surface area contributed by atoms with Crippen LogP contribution in [0.4, 0.5) is 8.78 Å². The first-order chi connectivity index (χ1) is 6.04. The zero-order chi connectivity index (χ0) is 9.64. The fraction of sp³-hybridized carbons (Fsp3) is 0.400. The average molecular weight is 183 g/mol. The Kier molecular flexibility index (Phi) is 1.67. The van der Waals surface area contributed by atoms with Crippen LogP contribution in [0.3, 0.4) is 0 Å². The molecule has 1 nitrogen and oxygen atoms in total. The Morgan fingerprint density at radius 3 is 2.46 bits per heavy atom. The molecule has 0 aliphatic heterocycles. The summed E-state index contributed by atoms with van der Waals surface area (Å²) in [4.78, 5) is 0. The van der Waals surface area contributed by atoms with Crippen LogP contribution >= 0.6 is 0 Å². The third-order valence-electron chi connectivity index (χ3n) is 2.57. The highest BCUT2D eigenvalue weighted by atomic mass is 19.1. The van der Waals surface area contributed by atoms with E-state index in [1.54, 1.807) is 6.92 Å². The zero-order valence-corrected chi connectivity index (χ0v) is 7.40. The molecular weight excluding hydrogens is 172 g/mol. The number of nitrogens with two attached hydrogens (primary N) is 1. The predicted octanol–water partition coefficient (Wildman–Crippen LogP) is 2.22. The van der Waals surface area contributed by atoms with Gasteiger partial charge in [0, 0.05) is 11.1 Å². The molecule has 1 fully saturated rings. The molecule has 0 saturated heterocycles. The fourth-order valence-electron chi connectivity index (χ4n) is 1.50. The summed E-state index contributed by atoms with van der Waals surface area (Å²) in [6.07, 6.45) is 1.34. The molecule has 1 aromatic carbocycles. The first-order valence-corrected chi connectivity index (χ1v) is 4.28. The van der Waals surface area contributed by atoms with Gasteiger partial charge in [0.2, 0.25) is 0 Å². The van der Waals surface area contributed by atoms with Crippen LogP contribution in [-0.2, 0) is 5.54 Å². The lowest BCUT2D eigenvalue weighted by Gasteiger charge is -2.12. The molecule has 13 heavy (non-hydrogen) atoms. The van der Waals surface area contributed by atoms with Gasteiger partial charge < -0.3 is 5.73 Å². The lowest BCUT2D eigenvalue weighted by molar-refractivity contribution is 0.516. The largest absolute Gasteiger partial charge is 0.321 e. The molecular formula is C10H11F2N. The van der Waals surface area contributed by atoms with E-state index < -0.39 is 17.2 Å². The van der Waals surface area contributed by atoms with Crippen LogP contribution in [0.2, 0.25) is 0 Å². The zero-order valence-electron chi connectivity index (χ0n) is 7.40. The summed E-state index contributed by atoms with van der Waals surface area (Å²) in [5, 5.41) is 0. The number of hydrogen-bond acceptors (Lipinski definition) is 1. The van der Waals surface area contributed by atoms with E-state index >= 15 is 0 Å². The van der Waals surface area contributed by atoms with Crippen LogP contribution in [0.25, 0.3) is 0 Å². The van der Waals surface area contributed by atoms with Gasteiger partial charge in [-0.25, -0.2) is 8.78 Å². The monoisotopic (exact) mass is 183 g/mol. The molecule has 2 rings (SSSR count). The van der Waals surface area contributed by atoms with Crippen LogP contribution in [0.1, 0.15) is 24.0 Å². The van der Waals surface area contributed by atoms with Crippen LogP contribution in [0.15, 0.2) is 12.1 Å². The average Bonchev–Trinajstić information content (AvgIpc) is 2.78. The highest BCUT2D eigenvalue weighted by molar-refractivity contribution is 5.35. The third-order valence-corrected chi connectivity index (χ3v) is 2.57. The predicted molar refractivity (Wildman–Crippen MR) is 46.2 cm³/mol. The normalized spacial score (nSPS) is 18.8. The van der Waals surface area contributed by atoms with E-state index in [9.17, 15) is 8.78 Å². The maximum Gasteiger partial charge on any atom is 0.134 e. The van der Waals surface area contributed by atoms with Crippen LogP contribution in [-0.4, -0.2) is 0 Å². The summed E-state index contributed by atoms with van der Waals surface area (Å²) in [6.45, 7) is 1.62. The molecule has 1 aromatic rings. The molecule has 70 valence electrons. The molecule has 1 saturated carbocycles. The smallest absolute Gasteiger partial charge is 0.134 e. The summed E-state index contributed by atoms with van der Waals surface area (Å²) in [7, 11) is 0. The fourth-order valence-corrected chi connectivity index (χ4v) is 1.50. The molecule has 2 N–H and O–H groups in total. The van der Waals surface area contributed by atoms with E-state index in [0.717, 1.165) is 0 Å². The van der Waals surface area contributed by atoms with Crippen molar-refractivity contribution in [2.45, 2.75) is 25.3 Å². The van der Waals surface area contributed by atoms with Gasteiger partial charge in [-0.1, -0.05) is 6.07 Å². The Morgan fingerprint density at radius 2 is 1.92 bits per heavy atom. The summed E-state index contributed by atoms with van der Waals surface area (Å²) in [5.74, 6) is -1.01. The summed E-state index contributed by atoms with van der Waals surface area (Å²) < 4.78 is 26.7. The quantitative estimate of drug-likeness (QED) is 0.709. The Labute approximate surface area is 75.6 Å². The van der Waals surface area contributed by atoms with Crippen molar-refractivity contribution in [3.8, 4) is 0 Å². The van der Waals surface area contributed by atoms with Crippen molar-refractivity contribution in [1.82, 2.24) is 0 Å². The first-order valence-electron chi connectivity index (χ1n) is 4.28. The summed E-state index contributed by atoms with van der Waals surface area (Å²) in [6, 6.07) is 2.71. The van der Waals surface area contributed by atoms with Gasteiger partial charge in [0.25, 0.3) is 0 Å². The minimum absolute atomic E-state index is 0.0625. The Morgan fingerprint density at radius 1 is 1.31 bits per heavy atom. The van der Waals surface area contributed by atoms with Crippen LogP contribution in [0.5, 0.6) is 0 Å². The highest BCUT2D eigenvalue weighted by Gasteiger charge is 2.44. The van der Waals surface area contributed by atoms with Gasteiger partial charge in [0.05, 0.1) is 0 Å². The minimum atomic E-state index is -0.736. The van der Waals surface area contributed by atoms with Gasteiger partial charge in [0.1, 0.15) is 11.6 Å². The van der Waals surface area contributed by atoms with Crippen molar-refractivity contribution in [2.24, 2.45) is 5.73 Å². The second-order valence-corrected chi connectivity index (χ2v) is 3.71. The van der Waals surface area contributed by atoms with E-state index in [1.165, 1.54) is 12.1 Å². The van der Waals surface area contributed by atoms with Gasteiger partial charge in [-0.05, 0) is 31.4 Å². The number of benzene rings is 1. The van der Waals surface area contributed by atoms with Crippen LogP contribution in [0, 0.1) is 18.6 Å². The van der Waals surface area contributed by atoms with Crippen molar-refractivity contribution in [3.63, 3.8) is 0 Å². The van der Waals surface area contributed by atoms with E-state index in [0.29, 0.717) is 18.4 Å². The van der Waals surface area contributed by atoms with E-state index in [2.05, 4.69) is 0 Å². The molecule has 0 atom stereocenters. The Bertz CT molecular complexity index is 356. The lowest BCUT2D eigenvalue weighted by Crippen LogP contribution is -2.22. The third kappa shape index (κ3) is 1.23. The number of rotatable bonds is 1. The molecule has 0 radical (unpaired) electrons. The molecule has 0 spiro atoms. The molecule has 0 bridgehead atoms. The second kappa shape index (κ2) is 2.51. The number of aryl methyl sites for hydroxylation is 1. The molecule has 1 aliphatic carbocycles. The van der Waals surface area contributed by atoms with E-state index in [4.69, 9.17) is 5.73 Å². The van der Waals surface area contributed by atoms with Crippen molar-refractivity contribution >= 4 is 0 Å². The molecule has 1 aliphatic rings. The van der Waals surface area contributed by atoms with Gasteiger partial charge in [-0.2, -0.15) is 0 Å². The molecule has 0 heterocycles. The van der Waals surface area contributed by atoms with Gasteiger partial charge >= 0.3 is 0 Å². The molecule has 3 heteroatoms. The maximum absolute atomic E-state index is 13.5. The van der Waals surface area contributed by atoms with Crippen LogP contribution < -0.4 is 5.73 Å². The number of halogens is 2. The van der Waals surface area contributed by atoms with Crippen molar-refractivity contribution in [1.29, 1.82) is 0 Å². The van der Waals surface area contributed by atoms with E-state index in [1.807, 2.05) is 0 Å². The SMILES string of the molecule is Cc1ccc(F)c(C2(N)CC2)c1F. The van der Waals surface area contributed by atoms with E-state index in [-0.39, 0.29) is 5.56 Å². The van der Waals surface area contributed by atoms with Crippen molar-refractivity contribution in [3.05, 3.63) is 34.9 Å². The molecule has 0 unspecified atom stereocenters. The Balaban J connectivity index is 2.61. The maximum atomic E-state index is 13.5. The van der Waals surface area contributed by atoms with Gasteiger partial charge in [-0.3, -0.25) is 0 Å². The summed E-state index contributed by atoms with van der Waals surface area (Å²) in [5.41, 5.74) is 5.54. The number of hydrogen-bond donors (Lipinski definition) is 1.